The van der Waals surface area contributed by atoms with Gasteiger partial charge in [-0.1, -0.05) is 12.1 Å². The predicted molar refractivity (Wildman–Crippen MR) is 125 cm³/mol. The zero-order valence-electron chi connectivity index (χ0n) is 18.8. The van der Waals surface area contributed by atoms with E-state index in [4.69, 9.17) is 4.74 Å². The Hall–Kier alpha value is -3.83. The molecule has 2 N–H and O–H groups in total. The van der Waals surface area contributed by atoms with Gasteiger partial charge in [-0.15, -0.1) is 0 Å². The van der Waals surface area contributed by atoms with Crippen molar-refractivity contribution in [3.05, 3.63) is 59.3 Å². The van der Waals surface area contributed by atoms with Crippen molar-refractivity contribution in [2.75, 3.05) is 40.3 Å². The lowest BCUT2D eigenvalue weighted by molar-refractivity contribution is -0.140. The molecule has 1 fully saturated rings. The average Bonchev–Trinajstić information content (AvgIpc) is 2.79. The first kappa shape index (κ1) is 22.4. The maximum absolute atomic E-state index is 12.3. The van der Waals surface area contributed by atoms with Gasteiger partial charge in [0.05, 0.1) is 37.8 Å². The van der Waals surface area contributed by atoms with E-state index in [0.29, 0.717) is 25.2 Å². The highest BCUT2D eigenvalue weighted by atomic mass is 16.5. The van der Waals surface area contributed by atoms with Crippen LogP contribution >= 0.6 is 0 Å². The van der Waals surface area contributed by atoms with Crippen LogP contribution < -0.4 is 15.4 Å². The second kappa shape index (κ2) is 9.76. The molecule has 170 valence electrons. The van der Waals surface area contributed by atoms with Gasteiger partial charge in [0.2, 0.25) is 11.8 Å². The van der Waals surface area contributed by atoms with Gasteiger partial charge in [0, 0.05) is 12.1 Å². The second-order valence-electron chi connectivity index (χ2n) is 8.50. The highest BCUT2D eigenvalue weighted by molar-refractivity contribution is 5.86. The summed E-state index contributed by atoms with van der Waals surface area (Å²) in [4.78, 5) is 27.5. The van der Waals surface area contributed by atoms with Gasteiger partial charge in [-0.05, 0) is 67.3 Å². The Labute approximate surface area is 193 Å². The van der Waals surface area contributed by atoms with Gasteiger partial charge in [0.25, 0.3) is 0 Å². The number of fused-ring (bicyclic) bond motifs is 1. The molecule has 0 spiro atoms. The molecule has 0 atom stereocenters. The molecule has 2 aliphatic heterocycles. The van der Waals surface area contributed by atoms with Gasteiger partial charge in [-0.3, -0.25) is 9.59 Å². The first-order valence-electron chi connectivity index (χ1n) is 10.9. The number of likely N-dealkylation sites (tertiary alicyclic amines) is 1. The summed E-state index contributed by atoms with van der Waals surface area (Å²) in [5.74, 6) is 0.486. The molecule has 33 heavy (non-hydrogen) atoms. The van der Waals surface area contributed by atoms with Gasteiger partial charge in [0.1, 0.15) is 11.9 Å². The summed E-state index contributed by atoms with van der Waals surface area (Å²) in [6.45, 7) is 1.87. The molecule has 8 nitrogen and oxygen atoms in total. The van der Waals surface area contributed by atoms with Crippen molar-refractivity contribution in [2.45, 2.75) is 12.6 Å². The third-order valence-electron chi connectivity index (χ3n) is 5.62. The number of nitrogens with zero attached hydrogens (tertiary/aromatic N) is 3. The van der Waals surface area contributed by atoms with Gasteiger partial charge in [-0.2, -0.15) is 5.26 Å². The first-order chi connectivity index (χ1) is 15.9. The molecular weight excluding hydrogens is 418 g/mol. The van der Waals surface area contributed by atoms with Crippen molar-refractivity contribution in [3.63, 3.8) is 0 Å². The monoisotopic (exact) mass is 445 g/mol. The van der Waals surface area contributed by atoms with Crippen molar-refractivity contribution in [2.24, 2.45) is 0 Å². The summed E-state index contributed by atoms with van der Waals surface area (Å²) < 4.78 is 6.30. The molecule has 0 bridgehead atoms. The number of hydrogen-bond donors (Lipinski definition) is 2. The van der Waals surface area contributed by atoms with E-state index in [9.17, 15) is 14.9 Å². The van der Waals surface area contributed by atoms with E-state index in [1.165, 1.54) is 0 Å². The summed E-state index contributed by atoms with van der Waals surface area (Å²) in [5, 5.41) is 15.1. The molecule has 2 aromatic rings. The lowest BCUT2D eigenvalue weighted by Crippen LogP contribution is -2.58. The molecule has 0 aliphatic carbocycles. The number of nitriles is 1. The van der Waals surface area contributed by atoms with Gasteiger partial charge >= 0.3 is 0 Å². The Balaban J connectivity index is 1.42. The minimum atomic E-state index is -0.175. The van der Waals surface area contributed by atoms with Crippen LogP contribution in [0.1, 0.15) is 16.7 Å². The van der Waals surface area contributed by atoms with Crippen LogP contribution in [0.25, 0.3) is 17.2 Å². The van der Waals surface area contributed by atoms with Crippen LogP contribution in [-0.4, -0.2) is 68.0 Å². The third-order valence-corrected chi connectivity index (χ3v) is 5.62. The highest BCUT2D eigenvalue weighted by Crippen LogP contribution is 2.34. The molecule has 0 saturated carbocycles. The number of rotatable bonds is 7. The van der Waals surface area contributed by atoms with Crippen LogP contribution in [0.3, 0.4) is 0 Å². The number of amides is 2. The van der Waals surface area contributed by atoms with Gasteiger partial charge in [0.15, 0.2) is 0 Å². The highest BCUT2D eigenvalue weighted by Gasteiger charge is 2.33. The van der Waals surface area contributed by atoms with Crippen LogP contribution in [0.2, 0.25) is 0 Å². The fraction of sp³-hybridized carbons (Fsp3) is 0.320. The lowest BCUT2D eigenvalue weighted by Gasteiger charge is -2.39. The molecule has 2 aromatic carbocycles. The molecule has 2 amide bonds. The van der Waals surface area contributed by atoms with Crippen molar-refractivity contribution in [1.29, 1.82) is 5.26 Å². The van der Waals surface area contributed by atoms with E-state index in [2.05, 4.69) is 22.8 Å². The summed E-state index contributed by atoms with van der Waals surface area (Å²) >= 11 is 0. The molecule has 0 aromatic heterocycles. The Bertz CT molecular complexity index is 1130. The summed E-state index contributed by atoms with van der Waals surface area (Å²) in [6, 6.07) is 13.8. The number of carbonyl (C=O) groups excluding carboxylic acids is 2. The molecule has 8 heteroatoms. The van der Waals surface area contributed by atoms with Crippen LogP contribution in [0.4, 0.5) is 0 Å². The smallest absolute Gasteiger partial charge is 0.242 e. The van der Waals surface area contributed by atoms with E-state index >= 15 is 0 Å². The van der Waals surface area contributed by atoms with Crippen molar-refractivity contribution in [1.82, 2.24) is 20.4 Å². The Morgan fingerprint density at radius 2 is 2.06 bits per heavy atom. The summed E-state index contributed by atoms with van der Waals surface area (Å²) in [5.41, 5.74) is 4.67. The number of hydrogen-bond acceptors (Lipinski definition) is 6. The van der Waals surface area contributed by atoms with Crippen LogP contribution in [0.5, 0.6) is 5.75 Å². The first-order valence-corrected chi connectivity index (χ1v) is 10.9. The maximum atomic E-state index is 12.3. The minimum Gasteiger partial charge on any atom is -0.486 e. The van der Waals surface area contributed by atoms with Crippen molar-refractivity contribution < 1.29 is 14.3 Å². The number of likely N-dealkylation sites (N-methyl/N-ethyl adjacent to an activating group) is 1. The average molecular weight is 446 g/mol. The number of benzene rings is 2. The fourth-order valence-electron chi connectivity index (χ4n) is 3.88. The molecule has 2 aliphatic rings. The van der Waals surface area contributed by atoms with Crippen LogP contribution in [0.15, 0.2) is 42.6 Å². The largest absolute Gasteiger partial charge is 0.486 e. The summed E-state index contributed by atoms with van der Waals surface area (Å²) in [6.07, 6.45) is 3.81. The number of nitrogens with one attached hydrogen (secondary N) is 2. The quantitative estimate of drug-likeness (QED) is 0.672. The van der Waals surface area contributed by atoms with E-state index in [-0.39, 0.29) is 31.0 Å². The fourth-order valence-corrected chi connectivity index (χ4v) is 3.88. The normalized spacial score (nSPS) is 14.7. The van der Waals surface area contributed by atoms with Crippen LogP contribution in [0, 0.1) is 11.3 Å². The number of ether oxygens (including phenoxy) is 1. The van der Waals surface area contributed by atoms with Crippen molar-refractivity contribution >= 4 is 17.9 Å². The zero-order chi connectivity index (χ0) is 23.4. The van der Waals surface area contributed by atoms with E-state index in [0.717, 1.165) is 28.0 Å². The maximum Gasteiger partial charge on any atom is 0.242 e. The standard InChI is InChI=1S/C25H27N5O3/c1-29(2)16-24(31)28-13-25(32)30-14-21(15-30)33-23-10-20(9-19-6-7-27-12-22(19)23)18-5-3-4-17(8-18)11-26/h3-10,21,27H,12-16H2,1-2H3,(H,28,31). The Morgan fingerprint density at radius 1 is 1.24 bits per heavy atom. The topological polar surface area (TPSA) is 97.7 Å². The van der Waals surface area contributed by atoms with Gasteiger partial charge < -0.3 is 25.2 Å². The van der Waals surface area contributed by atoms with Crippen LogP contribution in [-0.2, 0) is 16.1 Å². The minimum absolute atomic E-state index is 0.00573. The molecular formula is C25H27N5O3. The Kier molecular flexibility index (Phi) is 6.61. The molecule has 0 unspecified atom stereocenters. The van der Waals surface area contributed by atoms with Crippen molar-refractivity contribution in [3.8, 4) is 22.9 Å². The SMILES string of the molecule is CN(C)CC(=O)NCC(=O)N1CC(Oc2cc(-c3cccc(C#N)c3)cc3c2CNC=C3)C1. The third kappa shape index (κ3) is 5.33. The molecule has 0 radical (unpaired) electrons. The van der Waals surface area contributed by atoms with Gasteiger partial charge in [-0.25, -0.2) is 0 Å². The zero-order valence-corrected chi connectivity index (χ0v) is 18.8. The molecule has 2 heterocycles. The predicted octanol–water partition coefficient (Wildman–Crippen LogP) is 1.57. The molecule has 1 saturated heterocycles. The number of carbonyl (C=O) groups is 2. The molecule has 4 rings (SSSR count). The second-order valence-corrected chi connectivity index (χ2v) is 8.50. The Morgan fingerprint density at radius 3 is 2.82 bits per heavy atom. The van der Waals surface area contributed by atoms with E-state index in [1.54, 1.807) is 30.0 Å². The van der Waals surface area contributed by atoms with E-state index < -0.39 is 0 Å². The van der Waals surface area contributed by atoms with E-state index in [1.807, 2.05) is 36.5 Å². The lowest BCUT2D eigenvalue weighted by atomic mass is 9.95. The summed E-state index contributed by atoms with van der Waals surface area (Å²) in [7, 11) is 3.61.